The number of aromatic amines is 1. The van der Waals surface area contributed by atoms with E-state index in [9.17, 15) is 18.0 Å². The molecule has 0 bridgehead atoms. The number of nitrogens with one attached hydrogen (secondary N) is 1. The molecule has 0 unspecified atom stereocenters. The maximum absolute atomic E-state index is 13.5. The lowest BCUT2D eigenvalue weighted by Gasteiger charge is -2.29. The van der Waals surface area contributed by atoms with Crippen molar-refractivity contribution in [1.82, 2.24) is 20.0 Å². The first-order valence-corrected chi connectivity index (χ1v) is 11.1. The molecular formula is C24H27F3N4O. The van der Waals surface area contributed by atoms with Gasteiger partial charge in [-0.3, -0.25) is 9.89 Å². The summed E-state index contributed by atoms with van der Waals surface area (Å²) in [6.45, 7) is 8.61. The summed E-state index contributed by atoms with van der Waals surface area (Å²) in [5, 5.41) is 7.36. The highest BCUT2D eigenvalue weighted by molar-refractivity contribution is 5.94. The molecule has 0 radical (unpaired) electrons. The molecular weight excluding hydrogens is 417 g/mol. The third-order valence-corrected chi connectivity index (χ3v) is 7.42. The Morgan fingerprint density at radius 2 is 1.84 bits per heavy atom. The molecule has 5 rings (SSSR count). The fourth-order valence-electron chi connectivity index (χ4n) is 5.78. The molecule has 170 valence electrons. The predicted octanol–water partition coefficient (Wildman–Crippen LogP) is 4.59. The smallest absolute Gasteiger partial charge is 0.371 e. The maximum Gasteiger partial charge on any atom is 0.416 e. The second-order valence-electron chi connectivity index (χ2n) is 9.42. The zero-order valence-electron chi connectivity index (χ0n) is 18.1. The summed E-state index contributed by atoms with van der Waals surface area (Å²) < 4.78 is 40.4. The van der Waals surface area contributed by atoms with E-state index in [0.29, 0.717) is 43.7 Å². The van der Waals surface area contributed by atoms with E-state index < -0.39 is 11.7 Å². The van der Waals surface area contributed by atoms with E-state index in [-0.39, 0.29) is 23.7 Å². The van der Waals surface area contributed by atoms with Crippen molar-refractivity contribution < 1.29 is 18.0 Å². The third kappa shape index (κ3) is 3.59. The molecule has 1 saturated heterocycles. The summed E-state index contributed by atoms with van der Waals surface area (Å²) in [6, 6.07) is 5.92. The van der Waals surface area contributed by atoms with Crippen molar-refractivity contribution in [2.75, 3.05) is 19.6 Å². The van der Waals surface area contributed by atoms with E-state index in [0.717, 1.165) is 29.9 Å². The molecule has 2 aliphatic heterocycles. The van der Waals surface area contributed by atoms with Crippen LogP contribution in [0, 0.1) is 11.8 Å². The Bertz CT molecular complexity index is 1050. The van der Waals surface area contributed by atoms with Crippen molar-refractivity contribution in [3.8, 4) is 0 Å². The number of H-pyrrole nitrogens is 1. The van der Waals surface area contributed by atoms with Crippen molar-refractivity contribution in [2.24, 2.45) is 11.8 Å². The number of hydrogen-bond donors (Lipinski definition) is 1. The summed E-state index contributed by atoms with van der Waals surface area (Å²) in [4.78, 5) is 17.3. The number of benzene rings is 1. The molecule has 3 heterocycles. The number of rotatable bonds is 3. The van der Waals surface area contributed by atoms with E-state index >= 15 is 0 Å². The number of carbonyl (C=O) groups is 1. The van der Waals surface area contributed by atoms with Crippen LogP contribution in [-0.2, 0) is 19.1 Å². The van der Waals surface area contributed by atoms with Crippen LogP contribution in [0.2, 0.25) is 0 Å². The molecule has 8 heteroatoms. The van der Waals surface area contributed by atoms with Crippen LogP contribution in [0.3, 0.4) is 0 Å². The number of hydrogen-bond acceptors (Lipinski definition) is 3. The van der Waals surface area contributed by atoms with Crippen LogP contribution >= 0.6 is 0 Å². The van der Waals surface area contributed by atoms with E-state index in [1.54, 1.807) is 12.1 Å². The first kappa shape index (κ1) is 21.1. The lowest BCUT2D eigenvalue weighted by atomic mass is 9.91. The molecule has 2 aromatic rings. The number of aromatic nitrogens is 2. The second kappa shape index (κ2) is 7.67. The number of fused-ring (bicyclic) bond motifs is 2. The minimum absolute atomic E-state index is 0.0762. The van der Waals surface area contributed by atoms with Gasteiger partial charge in [0.1, 0.15) is 0 Å². The molecule has 2 fully saturated rings. The molecule has 3 atom stereocenters. The average Bonchev–Trinajstić information content (AvgIpc) is 3.45. The van der Waals surface area contributed by atoms with E-state index in [2.05, 4.69) is 21.7 Å². The number of allylic oxidation sites excluding steroid dienone is 1. The Balaban J connectivity index is 1.29. The summed E-state index contributed by atoms with van der Waals surface area (Å²) in [5.74, 6) is 0.272. The highest BCUT2D eigenvalue weighted by Crippen LogP contribution is 2.49. The minimum Gasteiger partial charge on any atom is -0.371 e. The molecule has 1 N–H and O–H groups in total. The molecule has 3 aliphatic rings. The Hall–Kier alpha value is -2.77. The van der Waals surface area contributed by atoms with Crippen LogP contribution in [0.4, 0.5) is 13.2 Å². The number of carbonyl (C=O) groups excluding carboxylic acids is 1. The van der Waals surface area contributed by atoms with Gasteiger partial charge in [0.05, 0.1) is 5.56 Å². The molecule has 1 aromatic carbocycles. The van der Waals surface area contributed by atoms with Crippen LogP contribution in [0.1, 0.15) is 58.6 Å². The van der Waals surface area contributed by atoms with Gasteiger partial charge in [-0.25, -0.2) is 0 Å². The van der Waals surface area contributed by atoms with Gasteiger partial charge in [-0.05, 0) is 49.1 Å². The van der Waals surface area contributed by atoms with Gasteiger partial charge in [0.15, 0.2) is 5.69 Å². The number of amides is 1. The topological polar surface area (TPSA) is 52.2 Å². The Morgan fingerprint density at radius 3 is 2.50 bits per heavy atom. The van der Waals surface area contributed by atoms with Crippen LogP contribution in [0.5, 0.6) is 0 Å². The summed E-state index contributed by atoms with van der Waals surface area (Å²) in [6.07, 6.45) is -2.17. The molecule has 1 amide bonds. The average molecular weight is 445 g/mol. The van der Waals surface area contributed by atoms with Crippen LogP contribution in [0.25, 0.3) is 0 Å². The molecule has 1 aromatic heterocycles. The number of alkyl halides is 3. The summed E-state index contributed by atoms with van der Waals surface area (Å²) in [5.41, 5.74) is 3.27. The molecule has 32 heavy (non-hydrogen) atoms. The van der Waals surface area contributed by atoms with Crippen LogP contribution in [0.15, 0.2) is 36.5 Å². The van der Waals surface area contributed by atoms with E-state index in [4.69, 9.17) is 0 Å². The number of nitrogens with zero attached hydrogens (tertiary/aromatic N) is 3. The van der Waals surface area contributed by atoms with Gasteiger partial charge < -0.3 is 9.80 Å². The quantitative estimate of drug-likeness (QED) is 0.754. The fraction of sp³-hybridized carbons (Fsp3) is 0.500. The number of halogens is 3. The first-order valence-electron chi connectivity index (χ1n) is 11.1. The Labute approximate surface area is 185 Å². The van der Waals surface area contributed by atoms with Gasteiger partial charge in [-0.1, -0.05) is 24.8 Å². The molecule has 0 spiro atoms. The third-order valence-electron chi connectivity index (χ3n) is 7.42. The van der Waals surface area contributed by atoms with Crippen molar-refractivity contribution in [1.29, 1.82) is 0 Å². The van der Waals surface area contributed by atoms with E-state index in [1.165, 1.54) is 12.1 Å². The van der Waals surface area contributed by atoms with Crippen molar-refractivity contribution >= 4 is 5.91 Å². The normalized spacial score (nSPS) is 25.1. The predicted molar refractivity (Wildman–Crippen MR) is 114 cm³/mol. The standard InChI is InChI=1S/C24H27F3N4O/c1-14(2)30-8-7-21-19(13-30)22(29-28-21)23(32)31-11-16-9-15(10-17(16)12-31)18-5-3-4-6-20(18)24(25,26)27/h3-6,15-17H,1,7-13H2,2H3,(H,28,29)/t15-,16-,17+. The zero-order valence-corrected chi connectivity index (χ0v) is 18.1. The van der Waals surface area contributed by atoms with Gasteiger partial charge in [0.2, 0.25) is 0 Å². The Kier molecular flexibility index (Phi) is 5.06. The molecule has 5 nitrogen and oxygen atoms in total. The minimum atomic E-state index is -4.34. The second-order valence-corrected chi connectivity index (χ2v) is 9.42. The van der Waals surface area contributed by atoms with Crippen molar-refractivity contribution in [3.63, 3.8) is 0 Å². The highest BCUT2D eigenvalue weighted by atomic mass is 19.4. The van der Waals surface area contributed by atoms with Crippen molar-refractivity contribution in [3.05, 3.63) is 64.6 Å². The van der Waals surface area contributed by atoms with Gasteiger partial charge in [0.25, 0.3) is 5.91 Å². The van der Waals surface area contributed by atoms with E-state index in [1.807, 2.05) is 11.8 Å². The molecule has 1 saturated carbocycles. The largest absolute Gasteiger partial charge is 0.416 e. The van der Waals surface area contributed by atoms with Crippen LogP contribution in [-0.4, -0.2) is 45.5 Å². The first-order chi connectivity index (χ1) is 15.2. The SMILES string of the molecule is C=C(C)N1CCc2[nH]nc(C(=O)N3C[C@H]4C[C@@H](c5ccccc5C(F)(F)F)C[C@H]4C3)c2C1. The maximum atomic E-state index is 13.5. The molecule has 1 aliphatic carbocycles. The monoisotopic (exact) mass is 444 g/mol. The van der Waals surface area contributed by atoms with Crippen molar-refractivity contribution in [2.45, 2.75) is 44.8 Å². The van der Waals surface area contributed by atoms with Gasteiger partial charge >= 0.3 is 6.18 Å². The number of likely N-dealkylation sites (tertiary alicyclic amines) is 1. The van der Waals surface area contributed by atoms with Gasteiger partial charge in [0, 0.05) is 49.6 Å². The van der Waals surface area contributed by atoms with Crippen LogP contribution < -0.4 is 0 Å². The summed E-state index contributed by atoms with van der Waals surface area (Å²) >= 11 is 0. The lowest BCUT2D eigenvalue weighted by Crippen LogP contribution is -2.33. The Morgan fingerprint density at radius 1 is 1.16 bits per heavy atom. The lowest BCUT2D eigenvalue weighted by molar-refractivity contribution is -0.138. The summed E-state index contributed by atoms with van der Waals surface area (Å²) in [7, 11) is 0. The fourth-order valence-corrected chi connectivity index (χ4v) is 5.78. The highest BCUT2D eigenvalue weighted by Gasteiger charge is 2.45. The van der Waals surface area contributed by atoms with Gasteiger partial charge in [-0.2, -0.15) is 18.3 Å². The zero-order chi connectivity index (χ0) is 22.6. The van der Waals surface area contributed by atoms with Gasteiger partial charge in [-0.15, -0.1) is 0 Å².